The monoisotopic (exact) mass is 186 g/mol. The van der Waals surface area contributed by atoms with E-state index in [9.17, 15) is 4.79 Å². The van der Waals surface area contributed by atoms with Crippen LogP contribution < -0.4 is 0 Å². The lowest BCUT2D eigenvalue weighted by molar-refractivity contribution is 0.271. The first kappa shape index (κ1) is 9.19. The molecule has 1 fully saturated rings. The highest BCUT2D eigenvalue weighted by Gasteiger charge is 2.44. The van der Waals surface area contributed by atoms with E-state index in [0.717, 1.165) is 5.03 Å². The molecule has 1 heterocycles. The van der Waals surface area contributed by atoms with Crippen LogP contribution in [0.25, 0.3) is 0 Å². The average molecular weight is 186 g/mol. The van der Waals surface area contributed by atoms with Crippen LogP contribution in [0.1, 0.15) is 6.42 Å². The minimum absolute atomic E-state index is 0.719. The zero-order valence-corrected chi connectivity index (χ0v) is 10.0. The number of carbonyl (C=O) groups is 1. The third-order valence-electron chi connectivity index (χ3n) is 2.83. The Morgan fingerprint density at radius 2 is 1.36 bits per heavy atom. The first-order valence-electron chi connectivity index (χ1n) is 4.41. The summed E-state index contributed by atoms with van der Waals surface area (Å²) >= 11 is 0. The maximum Gasteiger partial charge on any atom is 0.120 e. The van der Waals surface area contributed by atoms with Crippen molar-refractivity contribution in [2.75, 3.05) is 0 Å². The molecule has 0 aliphatic carbocycles. The molecule has 1 saturated heterocycles. The van der Waals surface area contributed by atoms with Gasteiger partial charge < -0.3 is 4.79 Å². The molecule has 0 aromatic carbocycles. The van der Waals surface area contributed by atoms with Crippen LogP contribution in [0.15, 0.2) is 0 Å². The van der Waals surface area contributed by atoms with Gasteiger partial charge in [-0.15, -0.1) is 0 Å². The summed E-state index contributed by atoms with van der Waals surface area (Å²) in [5.74, 6) is 0. The van der Waals surface area contributed by atoms with Crippen molar-refractivity contribution >= 4 is 21.2 Å². The van der Waals surface area contributed by atoms with Crippen LogP contribution in [-0.2, 0) is 0 Å². The number of carbonyl (C=O) groups excluding carboxylic acids is 1. The molecule has 1 aliphatic heterocycles. The van der Waals surface area contributed by atoms with Gasteiger partial charge in [0.2, 0.25) is 0 Å². The summed E-state index contributed by atoms with van der Waals surface area (Å²) in [5, 5.41) is 0.719. The van der Waals surface area contributed by atoms with Crippen molar-refractivity contribution in [2.24, 2.45) is 0 Å². The second-order valence-electron chi connectivity index (χ2n) is 4.95. The molecule has 0 unspecified atom stereocenters. The number of hydrogen-bond donors (Lipinski definition) is 0. The van der Waals surface area contributed by atoms with Crippen LogP contribution in [0.2, 0.25) is 38.3 Å². The fourth-order valence-electron chi connectivity index (χ4n) is 2.12. The molecule has 1 aliphatic rings. The fraction of sp³-hybridized carbons (Fsp3) is 0.875. The first-order valence-corrected chi connectivity index (χ1v) is 10.8. The molecule has 0 aromatic heterocycles. The zero-order chi connectivity index (χ0) is 8.70. The predicted molar refractivity (Wildman–Crippen MR) is 54.6 cm³/mol. The highest BCUT2D eigenvalue weighted by atomic mass is 28.4. The third kappa shape index (κ3) is 1.64. The Morgan fingerprint density at radius 1 is 1.00 bits per heavy atom. The van der Waals surface area contributed by atoms with E-state index in [1.165, 1.54) is 18.5 Å². The standard InChI is InChI=1S/C8H18OSi2/c1-10(2)6-5-7-11(3,4)8(10)9/h5-7H2,1-4H3. The molecule has 1 rings (SSSR count). The zero-order valence-electron chi connectivity index (χ0n) is 8.03. The molecule has 0 radical (unpaired) electrons. The Hall–Kier alpha value is 0.104. The summed E-state index contributed by atoms with van der Waals surface area (Å²) in [4.78, 5) is 11.9. The van der Waals surface area contributed by atoms with Gasteiger partial charge in [-0.2, -0.15) is 0 Å². The summed E-state index contributed by atoms with van der Waals surface area (Å²) in [5.41, 5.74) is 0. The van der Waals surface area contributed by atoms with Crippen molar-refractivity contribution in [3.8, 4) is 0 Å². The molecule has 3 heteroatoms. The quantitative estimate of drug-likeness (QED) is 0.531. The molecule has 64 valence electrons. The van der Waals surface area contributed by atoms with E-state index < -0.39 is 16.1 Å². The molecule has 0 atom stereocenters. The van der Waals surface area contributed by atoms with Crippen molar-refractivity contribution < 1.29 is 4.79 Å². The summed E-state index contributed by atoms with van der Waals surface area (Å²) < 4.78 is 0. The van der Waals surface area contributed by atoms with E-state index in [-0.39, 0.29) is 0 Å². The topological polar surface area (TPSA) is 17.1 Å². The highest BCUT2D eigenvalue weighted by Crippen LogP contribution is 2.31. The molecule has 0 amide bonds. The minimum atomic E-state index is -1.41. The predicted octanol–water partition coefficient (Wildman–Crippen LogP) is 3.09. The average Bonchev–Trinajstić information content (AvgIpc) is 1.82. The SMILES string of the molecule is C[Si]1(C)CCC[Si](C)(C)C1=O. The van der Waals surface area contributed by atoms with E-state index in [2.05, 4.69) is 26.2 Å². The van der Waals surface area contributed by atoms with Gasteiger partial charge in [0.05, 0.1) is 5.03 Å². The molecule has 1 nitrogen and oxygen atoms in total. The van der Waals surface area contributed by atoms with Gasteiger partial charge >= 0.3 is 0 Å². The van der Waals surface area contributed by atoms with Crippen molar-refractivity contribution in [3.05, 3.63) is 0 Å². The third-order valence-corrected chi connectivity index (χ3v) is 12.6. The van der Waals surface area contributed by atoms with Crippen molar-refractivity contribution in [2.45, 2.75) is 44.7 Å². The summed E-state index contributed by atoms with van der Waals surface area (Å²) in [7, 11) is -2.81. The van der Waals surface area contributed by atoms with Gasteiger partial charge in [-0.1, -0.05) is 44.7 Å². The van der Waals surface area contributed by atoms with E-state index in [0.29, 0.717) is 0 Å². The minimum Gasteiger partial charge on any atom is -0.311 e. The van der Waals surface area contributed by atoms with Gasteiger partial charge in [0, 0.05) is 0 Å². The molecule has 11 heavy (non-hydrogen) atoms. The van der Waals surface area contributed by atoms with E-state index in [1.807, 2.05) is 0 Å². The Kier molecular flexibility index (Phi) is 2.14. The summed E-state index contributed by atoms with van der Waals surface area (Å²) in [6.45, 7) is 8.96. The molecular weight excluding hydrogens is 168 g/mol. The molecule has 0 saturated carbocycles. The number of hydrogen-bond acceptors (Lipinski definition) is 1. The Balaban J connectivity index is 2.85. The van der Waals surface area contributed by atoms with Crippen molar-refractivity contribution in [3.63, 3.8) is 0 Å². The van der Waals surface area contributed by atoms with Gasteiger partial charge in [-0.3, -0.25) is 0 Å². The van der Waals surface area contributed by atoms with Crippen LogP contribution in [0.5, 0.6) is 0 Å². The van der Waals surface area contributed by atoms with Gasteiger partial charge in [-0.25, -0.2) is 0 Å². The lowest BCUT2D eigenvalue weighted by atomic mass is 10.6. The summed E-state index contributed by atoms with van der Waals surface area (Å²) in [6, 6.07) is 2.48. The lowest BCUT2D eigenvalue weighted by Crippen LogP contribution is -2.55. The number of rotatable bonds is 0. The molecule has 0 bridgehead atoms. The normalized spacial score (nSPS) is 28.5. The Morgan fingerprint density at radius 3 is 1.64 bits per heavy atom. The second-order valence-corrected chi connectivity index (χ2v) is 14.9. The van der Waals surface area contributed by atoms with E-state index in [4.69, 9.17) is 0 Å². The van der Waals surface area contributed by atoms with Crippen LogP contribution in [0, 0.1) is 0 Å². The Labute approximate surface area is 71.2 Å². The maximum absolute atomic E-state index is 11.9. The van der Waals surface area contributed by atoms with Crippen LogP contribution in [0.3, 0.4) is 0 Å². The molecule has 0 aromatic rings. The maximum atomic E-state index is 11.9. The van der Waals surface area contributed by atoms with E-state index >= 15 is 0 Å². The second kappa shape index (κ2) is 2.55. The van der Waals surface area contributed by atoms with Gasteiger partial charge in [0.25, 0.3) is 0 Å². The molecule has 0 spiro atoms. The largest absolute Gasteiger partial charge is 0.311 e. The molecule has 0 N–H and O–H groups in total. The van der Waals surface area contributed by atoms with Gasteiger partial charge in [0.1, 0.15) is 16.1 Å². The van der Waals surface area contributed by atoms with Gasteiger partial charge in [0.15, 0.2) is 0 Å². The van der Waals surface area contributed by atoms with Crippen LogP contribution >= 0.6 is 0 Å². The van der Waals surface area contributed by atoms with Crippen molar-refractivity contribution in [1.82, 2.24) is 0 Å². The molecular formula is C8H18OSi2. The first-order chi connectivity index (χ1) is 4.86. The fourth-order valence-corrected chi connectivity index (χ4v) is 13.1. The smallest absolute Gasteiger partial charge is 0.120 e. The van der Waals surface area contributed by atoms with Crippen molar-refractivity contribution in [1.29, 1.82) is 0 Å². The Bertz CT molecular complexity index is 167. The van der Waals surface area contributed by atoms with Crippen LogP contribution in [0.4, 0.5) is 4.79 Å². The summed E-state index contributed by atoms with van der Waals surface area (Å²) in [6.07, 6.45) is 1.32. The van der Waals surface area contributed by atoms with Gasteiger partial charge in [-0.05, 0) is 0 Å². The van der Waals surface area contributed by atoms with Crippen LogP contribution in [-0.4, -0.2) is 21.2 Å². The lowest BCUT2D eigenvalue weighted by Gasteiger charge is -2.35. The highest BCUT2D eigenvalue weighted by molar-refractivity contribution is 7.32. The van der Waals surface area contributed by atoms with E-state index in [1.54, 1.807) is 0 Å².